The van der Waals surface area contributed by atoms with Gasteiger partial charge in [0.1, 0.15) is 6.54 Å². The molecule has 1 aliphatic heterocycles. The Morgan fingerprint density at radius 2 is 2.14 bits per heavy atom. The first-order valence-electron chi connectivity index (χ1n) is 6.57. The van der Waals surface area contributed by atoms with E-state index in [1.807, 2.05) is 24.3 Å². The van der Waals surface area contributed by atoms with Crippen LogP contribution in [0.25, 0.3) is 6.08 Å². The van der Waals surface area contributed by atoms with Gasteiger partial charge in [0.25, 0.3) is 11.1 Å². The smallest absolute Gasteiger partial charge is 0.326 e. The highest BCUT2D eigenvalue weighted by Gasteiger charge is 2.36. The molecule has 0 unspecified atom stereocenters. The summed E-state index contributed by atoms with van der Waals surface area (Å²) in [7, 11) is 0. The van der Waals surface area contributed by atoms with Gasteiger partial charge in [-0.05, 0) is 49.4 Å². The molecule has 1 aliphatic rings. The van der Waals surface area contributed by atoms with E-state index in [4.69, 9.17) is 4.74 Å². The van der Waals surface area contributed by atoms with Crippen molar-refractivity contribution in [3.05, 3.63) is 39.2 Å². The predicted octanol–water partition coefficient (Wildman–Crippen LogP) is 3.44. The summed E-state index contributed by atoms with van der Waals surface area (Å²) in [4.78, 5) is 36.9. The molecule has 7 heteroatoms. The number of hydrogen-bond acceptors (Lipinski definition) is 5. The average molecular weight is 384 g/mol. The lowest BCUT2D eigenvalue weighted by Crippen LogP contribution is -2.35. The fraction of sp³-hybridized carbons (Fsp3) is 0.267. The van der Waals surface area contributed by atoms with Gasteiger partial charge in [-0.3, -0.25) is 19.3 Å². The molecule has 0 aliphatic carbocycles. The Hall–Kier alpha value is -1.60. The van der Waals surface area contributed by atoms with Crippen LogP contribution in [0.5, 0.6) is 0 Å². The minimum atomic E-state index is -0.596. The van der Waals surface area contributed by atoms with E-state index in [0.29, 0.717) is 4.91 Å². The number of imide groups is 1. The fourth-order valence-electron chi connectivity index (χ4n) is 1.81. The summed E-state index contributed by atoms with van der Waals surface area (Å²) in [6.07, 6.45) is 1.34. The number of ether oxygens (including phenoxy) is 1. The Labute approximate surface area is 140 Å². The van der Waals surface area contributed by atoms with Crippen molar-refractivity contribution < 1.29 is 19.1 Å². The van der Waals surface area contributed by atoms with Gasteiger partial charge in [0.05, 0.1) is 11.0 Å². The van der Waals surface area contributed by atoms with E-state index >= 15 is 0 Å². The zero-order valence-electron chi connectivity index (χ0n) is 12.0. The van der Waals surface area contributed by atoms with E-state index in [1.54, 1.807) is 19.9 Å². The van der Waals surface area contributed by atoms with Crippen LogP contribution in [0, 0.1) is 0 Å². The molecule has 1 heterocycles. The van der Waals surface area contributed by atoms with Crippen molar-refractivity contribution >= 4 is 50.9 Å². The van der Waals surface area contributed by atoms with E-state index in [-0.39, 0.29) is 12.6 Å². The molecule has 1 saturated heterocycles. The van der Waals surface area contributed by atoms with E-state index in [0.717, 1.165) is 26.7 Å². The van der Waals surface area contributed by atoms with Gasteiger partial charge in [-0.25, -0.2) is 0 Å². The maximum absolute atomic E-state index is 12.2. The number of carbonyl (C=O) groups is 3. The van der Waals surface area contributed by atoms with Gasteiger partial charge in [0.2, 0.25) is 0 Å². The van der Waals surface area contributed by atoms with Crippen molar-refractivity contribution in [1.29, 1.82) is 0 Å². The minimum absolute atomic E-state index is 0.287. The van der Waals surface area contributed by atoms with Crippen molar-refractivity contribution in [3.8, 4) is 0 Å². The largest absolute Gasteiger partial charge is 0.462 e. The van der Waals surface area contributed by atoms with Crippen LogP contribution in [-0.4, -0.2) is 34.7 Å². The normalized spacial score (nSPS) is 16.7. The number of amides is 2. The molecule has 1 fully saturated rings. The van der Waals surface area contributed by atoms with Gasteiger partial charge in [-0.2, -0.15) is 0 Å². The maximum atomic E-state index is 12.2. The second-order valence-corrected chi connectivity index (χ2v) is 6.77. The molecule has 0 atom stereocenters. The van der Waals surface area contributed by atoms with Crippen LogP contribution in [0.3, 0.4) is 0 Å². The quantitative estimate of drug-likeness (QED) is 0.588. The van der Waals surface area contributed by atoms with Gasteiger partial charge in [0.15, 0.2) is 0 Å². The Morgan fingerprint density at radius 3 is 2.77 bits per heavy atom. The number of rotatable bonds is 4. The van der Waals surface area contributed by atoms with Crippen LogP contribution >= 0.6 is 27.7 Å². The second kappa shape index (κ2) is 7.11. The van der Waals surface area contributed by atoms with E-state index < -0.39 is 17.1 Å². The first-order chi connectivity index (χ1) is 10.4. The molecule has 0 spiro atoms. The summed E-state index contributed by atoms with van der Waals surface area (Å²) in [6, 6.07) is 7.36. The third-order valence-electron chi connectivity index (χ3n) is 2.67. The summed E-state index contributed by atoms with van der Waals surface area (Å²) in [5.74, 6) is -1.07. The van der Waals surface area contributed by atoms with Crippen molar-refractivity contribution in [3.63, 3.8) is 0 Å². The predicted molar refractivity (Wildman–Crippen MR) is 88.0 cm³/mol. The van der Waals surface area contributed by atoms with Gasteiger partial charge >= 0.3 is 5.97 Å². The lowest BCUT2D eigenvalue weighted by Gasteiger charge is -2.13. The molecule has 116 valence electrons. The summed E-state index contributed by atoms with van der Waals surface area (Å²) in [5.41, 5.74) is 0.796. The Morgan fingerprint density at radius 1 is 1.41 bits per heavy atom. The van der Waals surface area contributed by atoms with Crippen LogP contribution in [-0.2, 0) is 14.3 Å². The van der Waals surface area contributed by atoms with Crippen molar-refractivity contribution in [2.45, 2.75) is 20.0 Å². The topological polar surface area (TPSA) is 63.7 Å². The number of carbonyl (C=O) groups excluding carboxylic acids is 3. The average Bonchev–Trinajstić information content (AvgIpc) is 2.66. The minimum Gasteiger partial charge on any atom is -0.462 e. The van der Waals surface area contributed by atoms with Crippen LogP contribution in [0.2, 0.25) is 0 Å². The number of esters is 1. The SMILES string of the molecule is CC(C)OC(=O)CN1C(=O)S/C(=C/c2cccc(Br)c2)C1=O. The monoisotopic (exact) mass is 383 g/mol. The standard InChI is InChI=1S/C15H14BrNO4S/c1-9(2)21-13(18)8-17-14(19)12(22-15(17)20)7-10-4-3-5-11(16)6-10/h3-7,9H,8H2,1-2H3/b12-7+. The highest BCUT2D eigenvalue weighted by atomic mass is 79.9. The number of benzene rings is 1. The molecular formula is C15H14BrNO4S. The molecule has 1 aromatic rings. The van der Waals surface area contributed by atoms with Crippen molar-refractivity contribution in [1.82, 2.24) is 4.90 Å². The second-order valence-electron chi connectivity index (χ2n) is 4.86. The summed E-state index contributed by atoms with van der Waals surface area (Å²) in [6.45, 7) is 3.05. The van der Waals surface area contributed by atoms with Gasteiger partial charge < -0.3 is 4.74 Å². The number of halogens is 1. The fourth-order valence-corrected chi connectivity index (χ4v) is 3.07. The zero-order chi connectivity index (χ0) is 16.3. The van der Waals surface area contributed by atoms with Crippen LogP contribution < -0.4 is 0 Å². The molecule has 2 rings (SSSR count). The highest BCUT2D eigenvalue weighted by Crippen LogP contribution is 2.32. The Kier molecular flexibility index (Phi) is 5.42. The zero-order valence-corrected chi connectivity index (χ0v) is 14.4. The molecule has 2 amide bonds. The number of thioether (sulfide) groups is 1. The molecule has 22 heavy (non-hydrogen) atoms. The molecule has 0 aromatic heterocycles. The molecule has 1 aromatic carbocycles. The van der Waals surface area contributed by atoms with Gasteiger partial charge in [-0.1, -0.05) is 28.1 Å². The van der Waals surface area contributed by atoms with E-state index in [9.17, 15) is 14.4 Å². The van der Waals surface area contributed by atoms with Gasteiger partial charge in [0, 0.05) is 4.47 Å². The van der Waals surface area contributed by atoms with E-state index in [2.05, 4.69) is 15.9 Å². The molecule has 0 N–H and O–H groups in total. The third-order valence-corrected chi connectivity index (χ3v) is 4.08. The van der Waals surface area contributed by atoms with Crippen LogP contribution in [0.15, 0.2) is 33.6 Å². The van der Waals surface area contributed by atoms with E-state index in [1.165, 1.54) is 0 Å². The third kappa shape index (κ3) is 4.20. The molecule has 0 bridgehead atoms. The Balaban J connectivity index is 2.13. The summed E-state index contributed by atoms with van der Waals surface area (Å²) < 4.78 is 5.83. The number of nitrogens with zero attached hydrogens (tertiary/aromatic N) is 1. The van der Waals surface area contributed by atoms with Crippen molar-refractivity contribution in [2.75, 3.05) is 6.54 Å². The first-order valence-corrected chi connectivity index (χ1v) is 8.18. The van der Waals surface area contributed by atoms with Crippen molar-refractivity contribution in [2.24, 2.45) is 0 Å². The van der Waals surface area contributed by atoms with Crippen LogP contribution in [0.1, 0.15) is 19.4 Å². The highest BCUT2D eigenvalue weighted by molar-refractivity contribution is 9.10. The summed E-state index contributed by atoms with van der Waals surface area (Å²) in [5, 5.41) is -0.466. The molecule has 0 radical (unpaired) electrons. The number of hydrogen-bond donors (Lipinski definition) is 0. The Bertz CT molecular complexity index is 657. The van der Waals surface area contributed by atoms with Crippen LogP contribution in [0.4, 0.5) is 4.79 Å². The first kappa shape index (κ1) is 16.8. The van der Waals surface area contributed by atoms with Gasteiger partial charge in [-0.15, -0.1) is 0 Å². The molecule has 5 nitrogen and oxygen atoms in total. The summed E-state index contributed by atoms with van der Waals surface area (Å²) >= 11 is 4.17. The molecule has 0 saturated carbocycles. The lowest BCUT2D eigenvalue weighted by molar-refractivity contribution is -0.149. The lowest BCUT2D eigenvalue weighted by atomic mass is 10.2. The maximum Gasteiger partial charge on any atom is 0.326 e. The molecular weight excluding hydrogens is 370 g/mol.